The maximum atomic E-state index is 14.4. The van der Waals surface area contributed by atoms with Crippen LogP contribution in [0.25, 0.3) is 0 Å². The molecule has 14 heteroatoms. The molecule has 1 fully saturated rings. The summed E-state index contributed by atoms with van der Waals surface area (Å²) in [6.07, 6.45) is 8.72. The van der Waals surface area contributed by atoms with Crippen molar-refractivity contribution in [2.75, 3.05) is 47.4 Å². The number of allylic oxidation sites excluding steroid dienone is 1. The highest BCUT2D eigenvalue weighted by atomic mass is 16.7. The Kier molecular flexibility index (Phi) is 14.2. The largest absolute Gasteiger partial charge is 0.496 e. The van der Waals surface area contributed by atoms with E-state index >= 15 is 0 Å². The van der Waals surface area contributed by atoms with Crippen LogP contribution in [0.15, 0.2) is 84.1 Å². The van der Waals surface area contributed by atoms with Crippen LogP contribution in [0.5, 0.6) is 34.5 Å². The summed E-state index contributed by atoms with van der Waals surface area (Å²) in [7, 11) is 3.02. The number of carbonyl (C=O) groups excluding carboxylic acids is 2. The molecule has 1 saturated carbocycles. The lowest BCUT2D eigenvalue weighted by atomic mass is 9.55. The number of ether oxygens (including phenoxy) is 7. The van der Waals surface area contributed by atoms with Gasteiger partial charge in [0.2, 0.25) is 12.6 Å². The van der Waals surface area contributed by atoms with Crippen LogP contribution in [0, 0.1) is 17.8 Å². The summed E-state index contributed by atoms with van der Waals surface area (Å²) in [4.78, 5) is 33.6. The Hall–Kier alpha value is -5.57. The number of aliphatic hydroxyl groups is 2. The van der Waals surface area contributed by atoms with Gasteiger partial charge >= 0.3 is 6.09 Å². The highest BCUT2D eigenvalue weighted by molar-refractivity contribution is 6.03. The summed E-state index contributed by atoms with van der Waals surface area (Å²) in [5.41, 5.74) is 3.57. The number of amides is 1. The Bertz CT molecular complexity index is 2100. The molecule has 6 atom stereocenters. The molecule has 2 aliphatic carbocycles. The Balaban J connectivity index is 1.43. The topological polar surface area (TPSA) is 164 Å². The van der Waals surface area contributed by atoms with Crippen LogP contribution < -0.4 is 23.7 Å². The number of aldehydes is 1. The Morgan fingerprint density at radius 3 is 2.46 bits per heavy atom. The van der Waals surface area contributed by atoms with E-state index in [0.717, 1.165) is 48.7 Å². The smallest absolute Gasteiger partial charge is 0.410 e. The van der Waals surface area contributed by atoms with Crippen molar-refractivity contribution in [3.05, 3.63) is 95.6 Å². The number of fused-ring (bicyclic) bond motifs is 3. The zero-order valence-electron chi connectivity index (χ0n) is 35.1. The van der Waals surface area contributed by atoms with Crippen molar-refractivity contribution in [3.63, 3.8) is 0 Å². The van der Waals surface area contributed by atoms with Crippen molar-refractivity contribution < 1.29 is 57.8 Å². The second-order valence-corrected chi connectivity index (χ2v) is 15.6. The van der Waals surface area contributed by atoms with Crippen molar-refractivity contribution in [2.45, 2.75) is 76.2 Å². The predicted octanol–water partition coefficient (Wildman–Crippen LogP) is 7.95. The number of carbonyl (C=O) groups is 2. The first kappa shape index (κ1) is 43.5. The van der Waals surface area contributed by atoms with Gasteiger partial charge in [0.1, 0.15) is 36.1 Å². The van der Waals surface area contributed by atoms with Crippen LogP contribution >= 0.6 is 0 Å². The monoisotopic (exact) mass is 840 g/mol. The van der Waals surface area contributed by atoms with E-state index in [1.54, 1.807) is 36.1 Å². The van der Waals surface area contributed by atoms with Gasteiger partial charge in [-0.1, -0.05) is 36.2 Å². The molecule has 0 aromatic heterocycles. The molecule has 61 heavy (non-hydrogen) atoms. The standard InChI is InChI=1S/C47H56N2O12/c1-5-21-59-47-43(49(46(53)56-6-2)27-30-13-16-41-42(22-30)58-29-57-41)26-38(48-55-4)36-24-31(11-7-9-19-50)35(12-8-10-20-51)44(45(36)47)37-25-34(15-18-40(37)61-47)60-33-14-17-39(54-3)32(23-33)28-52/h5,13-18,22-25,28,31,35,43-45,50-51H,1,6-12,19-21,26-27,29H2,2-4H3. The summed E-state index contributed by atoms with van der Waals surface area (Å²) in [5.74, 6) is 0.917. The second kappa shape index (κ2) is 19.9. The Labute approximate surface area is 356 Å². The fourth-order valence-corrected chi connectivity index (χ4v) is 9.57. The van der Waals surface area contributed by atoms with Crippen LogP contribution in [0.4, 0.5) is 4.79 Å². The molecule has 0 bridgehead atoms. The Morgan fingerprint density at radius 2 is 1.72 bits per heavy atom. The third-order valence-electron chi connectivity index (χ3n) is 12.1. The lowest BCUT2D eigenvalue weighted by molar-refractivity contribution is -0.256. The van der Waals surface area contributed by atoms with Gasteiger partial charge in [0.05, 0.1) is 37.5 Å². The van der Waals surface area contributed by atoms with Crippen molar-refractivity contribution >= 4 is 18.1 Å². The minimum Gasteiger partial charge on any atom is -0.496 e. The molecule has 0 saturated heterocycles. The van der Waals surface area contributed by atoms with Gasteiger partial charge in [0, 0.05) is 37.7 Å². The fraction of sp³-hybridized carbons (Fsp3) is 0.468. The van der Waals surface area contributed by atoms with Gasteiger partial charge in [0.25, 0.3) is 0 Å². The highest BCUT2D eigenvalue weighted by Crippen LogP contribution is 2.62. The average Bonchev–Trinajstić information content (AvgIpc) is 3.75. The number of unbranched alkanes of at least 4 members (excludes halogenated alkanes) is 2. The van der Waals surface area contributed by atoms with Crippen LogP contribution in [0.2, 0.25) is 0 Å². The molecular weight excluding hydrogens is 785 g/mol. The van der Waals surface area contributed by atoms with Crippen molar-refractivity contribution in [3.8, 4) is 34.5 Å². The molecule has 3 aromatic carbocycles. The number of oxime groups is 1. The fourth-order valence-electron chi connectivity index (χ4n) is 9.57. The van der Waals surface area contributed by atoms with Crippen molar-refractivity contribution in [1.82, 2.24) is 4.90 Å². The average molecular weight is 841 g/mol. The molecule has 14 nitrogen and oxygen atoms in total. The molecule has 3 aromatic rings. The minimum atomic E-state index is -1.49. The molecule has 2 aliphatic heterocycles. The molecule has 2 heterocycles. The highest BCUT2D eigenvalue weighted by Gasteiger charge is 2.65. The Morgan fingerprint density at radius 1 is 0.967 bits per heavy atom. The molecule has 2 N–H and O–H groups in total. The summed E-state index contributed by atoms with van der Waals surface area (Å²) in [6, 6.07) is 15.5. The lowest BCUT2D eigenvalue weighted by Crippen LogP contribution is -2.70. The zero-order valence-corrected chi connectivity index (χ0v) is 35.1. The molecular formula is C47H56N2O12. The van der Waals surface area contributed by atoms with Crippen LogP contribution in [-0.4, -0.2) is 92.5 Å². The second-order valence-electron chi connectivity index (χ2n) is 15.6. The summed E-state index contributed by atoms with van der Waals surface area (Å²) in [6.45, 7) is 6.39. The molecule has 326 valence electrons. The number of methoxy groups -OCH3 is 1. The van der Waals surface area contributed by atoms with E-state index in [1.807, 2.05) is 36.4 Å². The van der Waals surface area contributed by atoms with E-state index < -0.39 is 23.8 Å². The van der Waals surface area contributed by atoms with Crippen LogP contribution in [-0.2, 0) is 20.9 Å². The first-order valence-electron chi connectivity index (χ1n) is 21.1. The van der Waals surface area contributed by atoms with Crippen LogP contribution in [0.3, 0.4) is 0 Å². The van der Waals surface area contributed by atoms with Gasteiger partial charge in [-0.3, -0.25) is 9.69 Å². The number of benzene rings is 3. The zero-order chi connectivity index (χ0) is 42.9. The quantitative estimate of drug-likeness (QED) is 0.0489. The normalized spacial score (nSPS) is 23.8. The lowest BCUT2D eigenvalue weighted by Gasteiger charge is -2.59. The van der Waals surface area contributed by atoms with E-state index in [2.05, 4.69) is 17.8 Å². The number of nitrogens with zero attached hydrogens (tertiary/aromatic N) is 2. The van der Waals surface area contributed by atoms with Gasteiger partial charge in [0.15, 0.2) is 17.8 Å². The van der Waals surface area contributed by atoms with E-state index in [0.29, 0.717) is 58.6 Å². The molecule has 4 aliphatic rings. The summed E-state index contributed by atoms with van der Waals surface area (Å²) >= 11 is 0. The van der Waals surface area contributed by atoms with E-state index in [-0.39, 0.29) is 63.9 Å². The van der Waals surface area contributed by atoms with Gasteiger partial charge in [-0.25, -0.2) is 4.79 Å². The van der Waals surface area contributed by atoms with Crippen LogP contribution in [0.1, 0.15) is 79.3 Å². The van der Waals surface area contributed by atoms with Gasteiger partial charge < -0.3 is 48.2 Å². The van der Waals surface area contributed by atoms with Gasteiger partial charge in [-0.05, 0) is 104 Å². The van der Waals surface area contributed by atoms with E-state index in [4.69, 9.17) is 38.0 Å². The minimum absolute atomic E-state index is 0.00120. The van der Waals surface area contributed by atoms with E-state index in [9.17, 15) is 19.8 Å². The third kappa shape index (κ3) is 8.93. The number of hydrogen-bond acceptors (Lipinski definition) is 13. The summed E-state index contributed by atoms with van der Waals surface area (Å²) < 4.78 is 43.2. The maximum absolute atomic E-state index is 14.4. The first-order chi connectivity index (χ1) is 29.8. The third-order valence-corrected chi connectivity index (χ3v) is 12.1. The molecule has 1 amide bonds. The SMILES string of the molecule is C=CCOC12Oc3ccc(Oc4ccc(OC)c(C=O)c4)cc3C3C(CCCCO)C(CCCCO)C=C(C(=NOC)CC1N(Cc1ccc4c(c1)OCO4)C(=O)OCC)C32. The molecule has 0 spiro atoms. The number of aliphatic hydroxyl groups excluding tert-OH is 2. The van der Waals surface area contributed by atoms with Crippen molar-refractivity contribution in [1.29, 1.82) is 0 Å². The molecule has 6 unspecified atom stereocenters. The van der Waals surface area contributed by atoms with Gasteiger partial charge in [-0.15, -0.1) is 6.58 Å². The molecule has 7 rings (SSSR count). The van der Waals surface area contributed by atoms with Crippen molar-refractivity contribution in [2.24, 2.45) is 22.9 Å². The molecule has 0 radical (unpaired) electrons. The van der Waals surface area contributed by atoms with E-state index in [1.165, 1.54) is 14.2 Å². The predicted molar refractivity (Wildman–Crippen MR) is 226 cm³/mol. The summed E-state index contributed by atoms with van der Waals surface area (Å²) in [5, 5.41) is 24.5. The first-order valence-corrected chi connectivity index (χ1v) is 21.1. The maximum Gasteiger partial charge on any atom is 0.410 e. The van der Waals surface area contributed by atoms with Gasteiger partial charge in [-0.2, -0.15) is 0 Å². The number of hydrogen-bond donors (Lipinski definition) is 2. The number of rotatable bonds is 20.